The minimum absolute atomic E-state index is 0.325. The second-order valence-corrected chi connectivity index (χ2v) is 5.82. The van der Waals surface area contributed by atoms with E-state index in [9.17, 15) is 10.4 Å². The topological polar surface area (TPSA) is 91.1 Å². The molecule has 1 unspecified atom stereocenters. The third-order valence-electron chi connectivity index (χ3n) is 4.41. The standard InChI is InChI=1S/C14H21N5O/c15-8-12-13(16)19(10-4-1-2-5-10)17-14(12)18-7-3-6-11(20)9-18/h10-11,20H,1-7,9,16H2. The van der Waals surface area contributed by atoms with Gasteiger partial charge in [-0.2, -0.15) is 10.4 Å². The number of β-amino-alcohol motifs (C(OH)–C–C–N with tert-alkyl or cyclic N) is 1. The molecule has 1 saturated carbocycles. The predicted octanol–water partition coefficient (Wildman–Crippen LogP) is 1.41. The highest BCUT2D eigenvalue weighted by molar-refractivity contribution is 5.65. The number of piperidine rings is 1. The zero-order valence-corrected chi connectivity index (χ0v) is 11.6. The fourth-order valence-electron chi connectivity index (χ4n) is 3.34. The lowest BCUT2D eigenvalue weighted by Crippen LogP contribution is -2.38. The summed E-state index contributed by atoms with van der Waals surface area (Å²) in [4.78, 5) is 1.99. The number of rotatable bonds is 2. The molecule has 1 aromatic heterocycles. The highest BCUT2D eigenvalue weighted by Gasteiger charge is 2.28. The van der Waals surface area contributed by atoms with E-state index in [2.05, 4.69) is 11.2 Å². The first kappa shape index (κ1) is 13.3. The second kappa shape index (κ2) is 5.33. The molecule has 0 aromatic carbocycles. The lowest BCUT2D eigenvalue weighted by molar-refractivity contribution is 0.153. The summed E-state index contributed by atoms with van der Waals surface area (Å²) in [6, 6.07) is 2.51. The van der Waals surface area contributed by atoms with Gasteiger partial charge in [0, 0.05) is 13.1 Å². The Labute approximate surface area is 118 Å². The number of hydrogen-bond acceptors (Lipinski definition) is 5. The highest BCUT2D eigenvalue weighted by Crippen LogP contribution is 2.35. The van der Waals surface area contributed by atoms with Gasteiger partial charge in [-0.15, -0.1) is 0 Å². The van der Waals surface area contributed by atoms with Gasteiger partial charge in [-0.25, -0.2) is 4.68 Å². The van der Waals surface area contributed by atoms with Gasteiger partial charge in [0.25, 0.3) is 0 Å². The second-order valence-electron chi connectivity index (χ2n) is 5.82. The molecular weight excluding hydrogens is 254 g/mol. The van der Waals surface area contributed by atoms with Crippen LogP contribution in [0.2, 0.25) is 0 Å². The Morgan fingerprint density at radius 2 is 2.00 bits per heavy atom. The summed E-state index contributed by atoms with van der Waals surface area (Å²) in [6.45, 7) is 1.36. The van der Waals surface area contributed by atoms with Gasteiger partial charge >= 0.3 is 0 Å². The predicted molar refractivity (Wildman–Crippen MR) is 76.3 cm³/mol. The van der Waals surface area contributed by atoms with Gasteiger partial charge in [0.2, 0.25) is 0 Å². The fourth-order valence-corrected chi connectivity index (χ4v) is 3.34. The number of hydrogen-bond donors (Lipinski definition) is 2. The van der Waals surface area contributed by atoms with E-state index in [1.165, 1.54) is 12.8 Å². The number of aromatic nitrogens is 2. The Bertz CT molecular complexity index is 526. The van der Waals surface area contributed by atoms with E-state index in [1.807, 2.05) is 9.58 Å². The van der Waals surface area contributed by atoms with Gasteiger partial charge in [0.15, 0.2) is 5.82 Å². The normalized spacial score (nSPS) is 24.0. The van der Waals surface area contributed by atoms with Crippen molar-refractivity contribution < 1.29 is 5.11 Å². The monoisotopic (exact) mass is 275 g/mol. The quantitative estimate of drug-likeness (QED) is 0.851. The average molecular weight is 275 g/mol. The van der Waals surface area contributed by atoms with Crippen molar-refractivity contribution in [1.82, 2.24) is 9.78 Å². The van der Waals surface area contributed by atoms with Gasteiger partial charge in [0.05, 0.1) is 12.1 Å². The molecule has 2 fully saturated rings. The first-order valence-electron chi connectivity index (χ1n) is 7.41. The van der Waals surface area contributed by atoms with Crippen molar-refractivity contribution in [2.75, 3.05) is 23.7 Å². The zero-order chi connectivity index (χ0) is 14.1. The zero-order valence-electron chi connectivity index (χ0n) is 11.6. The van der Waals surface area contributed by atoms with Crippen molar-refractivity contribution in [3.05, 3.63) is 5.56 Å². The Hall–Kier alpha value is -1.74. The van der Waals surface area contributed by atoms with E-state index >= 15 is 0 Å². The maximum Gasteiger partial charge on any atom is 0.171 e. The number of aliphatic hydroxyl groups is 1. The van der Waals surface area contributed by atoms with Crippen molar-refractivity contribution >= 4 is 11.6 Å². The van der Waals surface area contributed by atoms with E-state index in [-0.39, 0.29) is 6.10 Å². The third kappa shape index (κ3) is 2.22. The maximum atomic E-state index is 9.80. The molecule has 1 aliphatic carbocycles. The van der Waals surface area contributed by atoms with Gasteiger partial charge in [0.1, 0.15) is 17.5 Å². The number of nitrogens with zero attached hydrogens (tertiary/aromatic N) is 4. The maximum absolute atomic E-state index is 9.80. The van der Waals surface area contributed by atoms with Gasteiger partial charge < -0.3 is 15.7 Å². The number of anilines is 2. The summed E-state index contributed by atoms with van der Waals surface area (Å²) in [5, 5.41) is 23.8. The van der Waals surface area contributed by atoms with Crippen LogP contribution < -0.4 is 10.6 Å². The summed E-state index contributed by atoms with van der Waals surface area (Å²) in [6.07, 6.45) is 5.96. The van der Waals surface area contributed by atoms with Crippen molar-refractivity contribution in [1.29, 1.82) is 5.26 Å². The van der Waals surface area contributed by atoms with Crippen LogP contribution in [0.5, 0.6) is 0 Å². The van der Waals surface area contributed by atoms with E-state index in [0.717, 1.165) is 32.2 Å². The summed E-state index contributed by atoms with van der Waals surface area (Å²) in [5.41, 5.74) is 6.59. The van der Waals surface area contributed by atoms with Gasteiger partial charge in [-0.3, -0.25) is 0 Å². The number of aliphatic hydroxyl groups excluding tert-OH is 1. The molecule has 0 bridgehead atoms. The SMILES string of the molecule is N#Cc1c(N2CCCC(O)C2)nn(C2CCCC2)c1N. The summed E-state index contributed by atoms with van der Waals surface area (Å²) < 4.78 is 1.84. The molecule has 1 atom stereocenters. The molecule has 0 radical (unpaired) electrons. The number of nitrogens with two attached hydrogens (primary N) is 1. The average Bonchev–Trinajstić information content (AvgIpc) is 3.06. The van der Waals surface area contributed by atoms with Crippen molar-refractivity contribution in [3.8, 4) is 6.07 Å². The first-order chi connectivity index (χ1) is 9.70. The molecule has 0 amide bonds. The highest BCUT2D eigenvalue weighted by atomic mass is 16.3. The van der Waals surface area contributed by atoms with Crippen LogP contribution in [0.3, 0.4) is 0 Å². The van der Waals surface area contributed by atoms with Gasteiger partial charge in [-0.1, -0.05) is 12.8 Å². The van der Waals surface area contributed by atoms with Crippen LogP contribution >= 0.6 is 0 Å². The van der Waals surface area contributed by atoms with Crippen LogP contribution in [0.25, 0.3) is 0 Å². The van der Waals surface area contributed by atoms with Crippen molar-refractivity contribution in [3.63, 3.8) is 0 Å². The van der Waals surface area contributed by atoms with Crippen molar-refractivity contribution in [2.24, 2.45) is 0 Å². The molecule has 1 aliphatic heterocycles. The smallest absolute Gasteiger partial charge is 0.171 e. The summed E-state index contributed by atoms with van der Waals surface area (Å²) in [5.74, 6) is 1.13. The Kier molecular flexibility index (Phi) is 3.53. The van der Waals surface area contributed by atoms with Crippen LogP contribution in [0.1, 0.15) is 50.1 Å². The Morgan fingerprint density at radius 1 is 1.25 bits per heavy atom. The lowest BCUT2D eigenvalue weighted by atomic mass is 10.1. The summed E-state index contributed by atoms with van der Waals surface area (Å²) >= 11 is 0. The molecule has 1 aromatic rings. The first-order valence-corrected chi connectivity index (χ1v) is 7.41. The van der Waals surface area contributed by atoms with Crippen LogP contribution in [0.15, 0.2) is 0 Å². The molecule has 3 rings (SSSR count). The Balaban J connectivity index is 1.93. The molecule has 20 heavy (non-hydrogen) atoms. The largest absolute Gasteiger partial charge is 0.391 e. The van der Waals surface area contributed by atoms with Crippen LogP contribution in [-0.2, 0) is 0 Å². The van der Waals surface area contributed by atoms with Crippen LogP contribution in [0.4, 0.5) is 11.6 Å². The number of nitrogen functional groups attached to an aromatic ring is 1. The molecule has 0 spiro atoms. The van der Waals surface area contributed by atoms with E-state index in [0.29, 0.717) is 29.8 Å². The minimum atomic E-state index is -0.340. The van der Waals surface area contributed by atoms with Crippen LogP contribution in [-0.4, -0.2) is 34.1 Å². The fraction of sp³-hybridized carbons (Fsp3) is 0.714. The van der Waals surface area contributed by atoms with Crippen molar-refractivity contribution in [2.45, 2.75) is 50.7 Å². The summed E-state index contributed by atoms with van der Waals surface area (Å²) in [7, 11) is 0. The molecule has 1 saturated heterocycles. The molecule has 6 nitrogen and oxygen atoms in total. The van der Waals surface area contributed by atoms with Crippen LogP contribution in [0, 0.1) is 11.3 Å². The molecule has 6 heteroatoms. The molecule has 2 heterocycles. The van der Waals surface area contributed by atoms with E-state index in [4.69, 9.17) is 5.73 Å². The van der Waals surface area contributed by atoms with Gasteiger partial charge in [-0.05, 0) is 25.7 Å². The number of nitriles is 1. The molecular formula is C14H21N5O. The third-order valence-corrected chi connectivity index (χ3v) is 4.41. The lowest BCUT2D eigenvalue weighted by Gasteiger charge is -2.30. The van der Waals surface area contributed by atoms with E-state index < -0.39 is 0 Å². The Morgan fingerprint density at radius 3 is 2.65 bits per heavy atom. The molecule has 3 N–H and O–H groups in total. The minimum Gasteiger partial charge on any atom is -0.391 e. The molecule has 2 aliphatic rings. The van der Waals surface area contributed by atoms with E-state index in [1.54, 1.807) is 0 Å². The molecule has 108 valence electrons.